The molecule has 0 aliphatic heterocycles. The van der Waals surface area contributed by atoms with Gasteiger partial charge in [0.2, 0.25) is 5.91 Å². The van der Waals surface area contributed by atoms with Crippen LogP contribution in [0.2, 0.25) is 5.02 Å². The molecule has 0 spiro atoms. The predicted octanol–water partition coefficient (Wildman–Crippen LogP) is 2.72. The van der Waals surface area contributed by atoms with Crippen molar-refractivity contribution in [2.24, 2.45) is 0 Å². The molecule has 0 aliphatic carbocycles. The zero-order valence-electron chi connectivity index (χ0n) is 10.9. The Morgan fingerprint density at radius 3 is 2.80 bits per heavy atom. The molecule has 1 amide bonds. The first-order valence-electron chi connectivity index (χ1n) is 6.38. The minimum atomic E-state index is -0.809. The van der Waals surface area contributed by atoms with Crippen LogP contribution in [0.25, 0.3) is 0 Å². The summed E-state index contributed by atoms with van der Waals surface area (Å²) < 4.78 is 5.15. The maximum atomic E-state index is 11.7. The van der Waals surface area contributed by atoms with E-state index in [4.69, 9.17) is 16.0 Å². The van der Waals surface area contributed by atoms with Crippen molar-refractivity contribution in [2.45, 2.75) is 18.9 Å². The number of aliphatic hydroxyl groups is 1. The van der Waals surface area contributed by atoms with E-state index < -0.39 is 6.10 Å². The summed E-state index contributed by atoms with van der Waals surface area (Å²) in [5.74, 6) is 0.638. The van der Waals surface area contributed by atoms with Crippen molar-refractivity contribution in [2.75, 3.05) is 6.54 Å². The normalized spacial score (nSPS) is 12.1. The van der Waals surface area contributed by atoms with Gasteiger partial charge in [0.25, 0.3) is 0 Å². The van der Waals surface area contributed by atoms with Crippen LogP contribution in [0.5, 0.6) is 0 Å². The van der Waals surface area contributed by atoms with Crippen LogP contribution in [0.3, 0.4) is 0 Å². The van der Waals surface area contributed by atoms with Crippen LogP contribution in [0.1, 0.15) is 23.8 Å². The highest BCUT2D eigenvalue weighted by Gasteiger charge is 2.12. The summed E-state index contributed by atoms with van der Waals surface area (Å²) in [6.45, 7) is 0.140. The first kappa shape index (κ1) is 14.6. The van der Waals surface area contributed by atoms with Gasteiger partial charge in [0, 0.05) is 30.0 Å². The molecule has 106 valence electrons. The number of nitrogens with one attached hydrogen (secondary N) is 1. The van der Waals surface area contributed by atoms with Gasteiger partial charge in [-0.1, -0.05) is 29.8 Å². The second-order valence-electron chi connectivity index (χ2n) is 4.42. The van der Waals surface area contributed by atoms with Crippen LogP contribution >= 0.6 is 11.6 Å². The molecule has 0 aliphatic rings. The maximum Gasteiger partial charge on any atom is 0.220 e. The van der Waals surface area contributed by atoms with Gasteiger partial charge in [-0.05, 0) is 18.2 Å². The quantitative estimate of drug-likeness (QED) is 0.861. The van der Waals surface area contributed by atoms with Crippen LogP contribution in [0.15, 0.2) is 47.1 Å². The summed E-state index contributed by atoms with van der Waals surface area (Å²) in [7, 11) is 0. The number of halogens is 1. The number of hydrogen-bond donors (Lipinski definition) is 2. The van der Waals surface area contributed by atoms with E-state index in [9.17, 15) is 9.90 Å². The minimum Gasteiger partial charge on any atom is -0.469 e. The third-order valence-corrected chi connectivity index (χ3v) is 3.28. The summed E-state index contributed by atoms with van der Waals surface area (Å²) in [5, 5.41) is 13.2. The van der Waals surface area contributed by atoms with Gasteiger partial charge in [0.05, 0.1) is 12.4 Å². The Morgan fingerprint density at radius 1 is 1.30 bits per heavy atom. The molecular formula is C15H16ClNO3. The van der Waals surface area contributed by atoms with Gasteiger partial charge in [-0.15, -0.1) is 0 Å². The molecule has 0 saturated heterocycles. The lowest BCUT2D eigenvalue weighted by atomic mass is 10.1. The Labute approximate surface area is 122 Å². The highest BCUT2D eigenvalue weighted by atomic mass is 35.5. The second-order valence-corrected chi connectivity index (χ2v) is 4.83. The number of hydrogen-bond acceptors (Lipinski definition) is 3. The van der Waals surface area contributed by atoms with Crippen LogP contribution in [-0.2, 0) is 11.2 Å². The summed E-state index contributed by atoms with van der Waals surface area (Å²) in [6.07, 6.45) is 1.63. The second kappa shape index (κ2) is 7.12. The molecule has 20 heavy (non-hydrogen) atoms. The standard InChI is InChI=1S/C15H16ClNO3/c16-13-6-2-1-5-12(13)14(18)10-17-15(19)8-7-11-4-3-9-20-11/h1-6,9,14,18H,7-8,10H2,(H,17,19). The monoisotopic (exact) mass is 293 g/mol. The van der Waals surface area contributed by atoms with E-state index in [2.05, 4.69) is 5.32 Å². The molecule has 1 unspecified atom stereocenters. The molecule has 1 aromatic carbocycles. The minimum absolute atomic E-state index is 0.132. The lowest BCUT2D eigenvalue weighted by molar-refractivity contribution is -0.121. The van der Waals surface area contributed by atoms with Crippen molar-refractivity contribution in [3.63, 3.8) is 0 Å². The highest BCUT2D eigenvalue weighted by molar-refractivity contribution is 6.31. The molecule has 2 aromatic rings. The van der Waals surface area contributed by atoms with Gasteiger partial charge in [0.1, 0.15) is 5.76 Å². The number of rotatable bonds is 6. The van der Waals surface area contributed by atoms with E-state index in [1.54, 1.807) is 36.6 Å². The van der Waals surface area contributed by atoms with Crippen LogP contribution in [-0.4, -0.2) is 17.6 Å². The van der Waals surface area contributed by atoms with Crippen molar-refractivity contribution in [3.8, 4) is 0 Å². The Bertz CT molecular complexity index is 554. The van der Waals surface area contributed by atoms with Crippen LogP contribution in [0.4, 0.5) is 0 Å². The zero-order valence-corrected chi connectivity index (χ0v) is 11.6. The summed E-state index contributed by atoms with van der Waals surface area (Å²) >= 11 is 5.98. The van der Waals surface area contributed by atoms with Crippen molar-refractivity contribution < 1.29 is 14.3 Å². The van der Waals surface area contributed by atoms with Gasteiger partial charge >= 0.3 is 0 Å². The first-order valence-corrected chi connectivity index (χ1v) is 6.76. The third-order valence-electron chi connectivity index (χ3n) is 2.94. The fraction of sp³-hybridized carbons (Fsp3) is 0.267. The highest BCUT2D eigenvalue weighted by Crippen LogP contribution is 2.21. The average Bonchev–Trinajstić information content (AvgIpc) is 2.96. The molecule has 4 nitrogen and oxygen atoms in total. The summed E-state index contributed by atoms with van der Waals surface area (Å²) in [4.78, 5) is 11.7. The van der Waals surface area contributed by atoms with E-state index in [-0.39, 0.29) is 12.5 Å². The lowest BCUT2D eigenvalue weighted by Crippen LogP contribution is -2.28. The molecule has 5 heteroatoms. The summed E-state index contributed by atoms with van der Waals surface area (Å²) in [6, 6.07) is 10.6. The van der Waals surface area contributed by atoms with Crippen molar-refractivity contribution in [1.82, 2.24) is 5.32 Å². The van der Waals surface area contributed by atoms with Gasteiger partial charge in [-0.25, -0.2) is 0 Å². The smallest absolute Gasteiger partial charge is 0.220 e. The van der Waals surface area contributed by atoms with Crippen molar-refractivity contribution in [1.29, 1.82) is 0 Å². The number of furan rings is 1. The number of aryl methyl sites for hydroxylation is 1. The SMILES string of the molecule is O=C(CCc1ccco1)NCC(O)c1ccccc1Cl. The lowest BCUT2D eigenvalue weighted by Gasteiger charge is -2.13. The molecule has 0 fully saturated rings. The number of amides is 1. The Kier molecular flexibility index (Phi) is 5.21. The molecule has 2 rings (SSSR count). The summed E-state index contributed by atoms with van der Waals surface area (Å²) in [5.41, 5.74) is 0.612. The number of carbonyl (C=O) groups is 1. The molecule has 0 radical (unpaired) electrons. The van der Waals surface area contributed by atoms with Gasteiger partial charge in [0.15, 0.2) is 0 Å². The van der Waals surface area contributed by atoms with E-state index in [0.717, 1.165) is 5.76 Å². The zero-order chi connectivity index (χ0) is 14.4. The third kappa shape index (κ3) is 4.11. The fourth-order valence-electron chi connectivity index (χ4n) is 1.85. The van der Waals surface area contributed by atoms with Gasteiger partial charge < -0.3 is 14.8 Å². The number of aliphatic hydroxyl groups excluding tert-OH is 1. The molecule has 2 N–H and O–H groups in total. The van der Waals surface area contributed by atoms with Gasteiger partial charge in [-0.2, -0.15) is 0 Å². The van der Waals surface area contributed by atoms with Crippen molar-refractivity contribution in [3.05, 3.63) is 59.0 Å². The Hall–Kier alpha value is -1.78. The predicted molar refractivity (Wildman–Crippen MR) is 76.5 cm³/mol. The Morgan fingerprint density at radius 2 is 2.10 bits per heavy atom. The molecule has 0 bridgehead atoms. The van der Waals surface area contributed by atoms with Gasteiger partial charge in [-0.3, -0.25) is 4.79 Å². The molecular weight excluding hydrogens is 278 g/mol. The Balaban J connectivity index is 1.77. The molecule has 1 atom stereocenters. The number of benzene rings is 1. The first-order chi connectivity index (χ1) is 9.66. The molecule has 1 aromatic heterocycles. The van der Waals surface area contributed by atoms with Crippen molar-refractivity contribution >= 4 is 17.5 Å². The largest absolute Gasteiger partial charge is 0.469 e. The van der Waals surface area contributed by atoms with E-state index in [0.29, 0.717) is 23.4 Å². The van der Waals surface area contributed by atoms with E-state index in [1.807, 2.05) is 6.07 Å². The maximum absolute atomic E-state index is 11.7. The van der Waals surface area contributed by atoms with Crippen LogP contribution < -0.4 is 5.32 Å². The molecule has 0 saturated carbocycles. The van der Waals surface area contributed by atoms with E-state index >= 15 is 0 Å². The molecule has 1 heterocycles. The van der Waals surface area contributed by atoms with E-state index in [1.165, 1.54) is 0 Å². The topological polar surface area (TPSA) is 62.5 Å². The fourth-order valence-corrected chi connectivity index (χ4v) is 2.11. The number of carbonyl (C=O) groups excluding carboxylic acids is 1. The van der Waals surface area contributed by atoms with Crippen LogP contribution in [0, 0.1) is 0 Å². The average molecular weight is 294 g/mol.